The summed E-state index contributed by atoms with van der Waals surface area (Å²) in [5, 5.41) is 21.4. The first-order chi connectivity index (χ1) is 15.1. The minimum Gasteiger partial charge on any atom is -0.508 e. The number of nitrogens with two attached hydrogens (primary N) is 1. The summed E-state index contributed by atoms with van der Waals surface area (Å²) in [4.78, 5) is 39.0. The van der Waals surface area contributed by atoms with Crippen LogP contribution in [0.25, 0.3) is 0 Å². The largest absolute Gasteiger partial charge is 0.508 e. The highest BCUT2D eigenvalue weighted by Crippen LogP contribution is 2.26. The van der Waals surface area contributed by atoms with Crippen molar-refractivity contribution in [1.29, 1.82) is 0 Å². The zero-order valence-electron chi connectivity index (χ0n) is 18.5. The summed E-state index contributed by atoms with van der Waals surface area (Å²) in [7, 11) is 0. The fourth-order valence-electron chi connectivity index (χ4n) is 4.17. The number of hydrogen-bond acceptors (Lipinski definition) is 5. The molecule has 2 amide bonds. The van der Waals surface area contributed by atoms with Crippen molar-refractivity contribution in [1.82, 2.24) is 10.2 Å². The quantitative estimate of drug-likeness (QED) is 0.538. The van der Waals surface area contributed by atoms with Crippen molar-refractivity contribution in [2.45, 2.75) is 58.3 Å². The third kappa shape index (κ3) is 4.91. The van der Waals surface area contributed by atoms with Crippen LogP contribution < -0.4 is 11.1 Å². The molecule has 1 heterocycles. The number of aryl methyl sites for hydroxylation is 2. The topological polar surface area (TPSA) is 133 Å². The first-order valence-corrected chi connectivity index (χ1v) is 10.5. The van der Waals surface area contributed by atoms with E-state index < -0.39 is 30.0 Å². The van der Waals surface area contributed by atoms with Gasteiger partial charge < -0.3 is 26.2 Å². The lowest BCUT2D eigenvalue weighted by Crippen LogP contribution is -2.58. The normalized spacial score (nSPS) is 17.2. The highest BCUT2D eigenvalue weighted by Gasteiger charge is 2.37. The number of phenols is 1. The molecule has 0 saturated heterocycles. The van der Waals surface area contributed by atoms with Crippen LogP contribution in [0.2, 0.25) is 0 Å². The molecule has 5 N–H and O–H groups in total. The number of benzene rings is 2. The number of nitrogens with zero attached hydrogens (tertiary/aromatic N) is 1. The lowest BCUT2D eigenvalue weighted by Gasteiger charge is -2.37. The molecule has 0 bridgehead atoms. The minimum absolute atomic E-state index is 0.153. The standard InChI is InChI=1S/C24H29N3O5/c1-13-8-18(28)9-14(2)19(13)11-20(25)23(30)27-12-17-7-5-4-6-16(17)10-21(27)22(29)26-15(3)24(31)32/h4-9,15,20-21,28H,10-12,25H2,1-3H3,(H,26,29)(H,31,32)/t15-,20?,21?/m0/s1. The van der Waals surface area contributed by atoms with Gasteiger partial charge in [-0.15, -0.1) is 0 Å². The maximum atomic E-state index is 13.4. The summed E-state index contributed by atoms with van der Waals surface area (Å²) >= 11 is 0. The summed E-state index contributed by atoms with van der Waals surface area (Å²) < 4.78 is 0. The van der Waals surface area contributed by atoms with Gasteiger partial charge in [-0.25, -0.2) is 0 Å². The Labute approximate surface area is 187 Å². The average molecular weight is 440 g/mol. The molecular formula is C24H29N3O5. The van der Waals surface area contributed by atoms with E-state index >= 15 is 0 Å². The van der Waals surface area contributed by atoms with Crippen molar-refractivity contribution in [2.24, 2.45) is 5.73 Å². The highest BCUT2D eigenvalue weighted by atomic mass is 16.4. The van der Waals surface area contributed by atoms with Crippen molar-refractivity contribution in [3.63, 3.8) is 0 Å². The predicted octanol–water partition coefficient (Wildman–Crippen LogP) is 1.42. The molecule has 0 aliphatic carbocycles. The molecule has 170 valence electrons. The predicted molar refractivity (Wildman–Crippen MR) is 119 cm³/mol. The molecular weight excluding hydrogens is 410 g/mol. The van der Waals surface area contributed by atoms with E-state index in [1.165, 1.54) is 11.8 Å². The average Bonchev–Trinajstić information content (AvgIpc) is 2.74. The molecule has 1 aliphatic heterocycles. The Morgan fingerprint density at radius 2 is 1.75 bits per heavy atom. The molecule has 0 saturated carbocycles. The Bertz CT molecular complexity index is 1030. The number of amides is 2. The Balaban J connectivity index is 1.87. The Morgan fingerprint density at radius 1 is 1.16 bits per heavy atom. The van der Waals surface area contributed by atoms with Crippen molar-refractivity contribution >= 4 is 17.8 Å². The van der Waals surface area contributed by atoms with E-state index in [-0.39, 0.29) is 31.0 Å². The zero-order valence-corrected chi connectivity index (χ0v) is 18.5. The third-order valence-electron chi connectivity index (χ3n) is 5.99. The number of carboxylic acids is 1. The highest BCUT2D eigenvalue weighted by molar-refractivity contribution is 5.92. The van der Waals surface area contributed by atoms with Gasteiger partial charge in [-0.2, -0.15) is 0 Å². The van der Waals surface area contributed by atoms with E-state index in [0.29, 0.717) is 0 Å². The van der Waals surface area contributed by atoms with Gasteiger partial charge in [0.1, 0.15) is 17.8 Å². The lowest BCUT2D eigenvalue weighted by molar-refractivity contribution is -0.145. The number of aliphatic carboxylic acids is 1. The number of rotatable bonds is 6. The maximum Gasteiger partial charge on any atom is 0.325 e. The zero-order chi connectivity index (χ0) is 23.6. The van der Waals surface area contributed by atoms with Gasteiger partial charge in [-0.1, -0.05) is 24.3 Å². The number of carbonyl (C=O) groups excluding carboxylic acids is 2. The van der Waals surface area contributed by atoms with E-state index in [2.05, 4.69) is 5.32 Å². The van der Waals surface area contributed by atoms with E-state index in [1.54, 1.807) is 12.1 Å². The van der Waals surface area contributed by atoms with E-state index in [9.17, 15) is 19.5 Å². The molecule has 3 rings (SSSR count). The number of nitrogens with one attached hydrogen (secondary N) is 1. The summed E-state index contributed by atoms with van der Waals surface area (Å²) in [6.45, 7) is 5.29. The van der Waals surface area contributed by atoms with Gasteiger partial charge in [0, 0.05) is 13.0 Å². The van der Waals surface area contributed by atoms with Gasteiger partial charge >= 0.3 is 5.97 Å². The number of fused-ring (bicyclic) bond motifs is 1. The molecule has 8 heteroatoms. The summed E-state index contributed by atoms with van der Waals surface area (Å²) in [5.74, 6) is -1.90. The SMILES string of the molecule is Cc1cc(O)cc(C)c1CC(N)C(=O)N1Cc2ccccc2CC1C(=O)N[C@@H](C)C(=O)O. The molecule has 0 spiro atoms. The summed E-state index contributed by atoms with van der Waals surface area (Å²) in [6.07, 6.45) is 0.541. The molecule has 0 radical (unpaired) electrons. The monoisotopic (exact) mass is 439 g/mol. The molecule has 2 unspecified atom stereocenters. The minimum atomic E-state index is -1.15. The summed E-state index contributed by atoms with van der Waals surface area (Å²) in [6, 6.07) is 7.98. The maximum absolute atomic E-state index is 13.4. The van der Waals surface area contributed by atoms with Gasteiger partial charge in [0.15, 0.2) is 0 Å². The van der Waals surface area contributed by atoms with Crippen LogP contribution in [0.1, 0.15) is 34.7 Å². The van der Waals surface area contributed by atoms with Gasteiger partial charge in [0.25, 0.3) is 0 Å². The van der Waals surface area contributed by atoms with Crippen molar-refractivity contribution in [3.05, 3.63) is 64.2 Å². The first-order valence-electron chi connectivity index (χ1n) is 10.5. The van der Waals surface area contributed by atoms with Crippen LogP contribution in [0.5, 0.6) is 5.75 Å². The van der Waals surface area contributed by atoms with Gasteiger partial charge in [0.2, 0.25) is 11.8 Å². The van der Waals surface area contributed by atoms with Crippen LogP contribution in [0, 0.1) is 13.8 Å². The Morgan fingerprint density at radius 3 is 2.34 bits per heavy atom. The Kier molecular flexibility index (Phi) is 6.84. The fourth-order valence-corrected chi connectivity index (χ4v) is 4.17. The molecule has 2 aromatic carbocycles. The number of aromatic hydroxyl groups is 1. The van der Waals surface area contributed by atoms with Crippen molar-refractivity contribution < 1.29 is 24.6 Å². The molecule has 1 aliphatic rings. The van der Waals surface area contributed by atoms with Crippen molar-refractivity contribution in [3.8, 4) is 5.75 Å². The lowest BCUT2D eigenvalue weighted by atomic mass is 9.91. The second-order valence-electron chi connectivity index (χ2n) is 8.39. The molecule has 32 heavy (non-hydrogen) atoms. The van der Waals surface area contributed by atoms with Crippen LogP contribution in [0.4, 0.5) is 0 Å². The van der Waals surface area contributed by atoms with Crippen molar-refractivity contribution in [2.75, 3.05) is 0 Å². The smallest absolute Gasteiger partial charge is 0.325 e. The first kappa shape index (κ1) is 23.3. The van der Waals surface area contributed by atoms with Gasteiger partial charge in [-0.05, 0) is 67.1 Å². The second-order valence-corrected chi connectivity index (χ2v) is 8.39. The summed E-state index contributed by atoms with van der Waals surface area (Å²) in [5.41, 5.74) is 10.7. The molecule has 8 nitrogen and oxygen atoms in total. The van der Waals surface area contributed by atoms with Crippen LogP contribution in [0.3, 0.4) is 0 Å². The molecule has 2 aromatic rings. The number of phenolic OH excluding ortho intramolecular Hbond substituents is 1. The van der Waals surface area contributed by atoms with Gasteiger partial charge in [0.05, 0.1) is 6.04 Å². The number of hydrogen-bond donors (Lipinski definition) is 4. The third-order valence-corrected chi connectivity index (χ3v) is 5.99. The van der Waals surface area contributed by atoms with Crippen LogP contribution in [-0.2, 0) is 33.8 Å². The Hall–Kier alpha value is -3.39. The fraction of sp³-hybridized carbons (Fsp3) is 0.375. The second kappa shape index (κ2) is 9.40. The van der Waals surface area contributed by atoms with E-state index in [0.717, 1.165) is 27.8 Å². The molecule has 3 atom stereocenters. The van der Waals surface area contributed by atoms with Crippen LogP contribution in [-0.4, -0.2) is 51.0 Å². The van der Waals surface area contributed by atoms with Gasteiger partial charge in [-0.3, -0.25) is 14.4 Å². The number of carbonyl (C=O) groups is 3. The van der Waals surface area contributed by atoms with E-state index in [1.807, 2.05) is 38.1 Å². The van der Waals surface area contributed by atoms with E-state index in [4.69, 9.17) is 10.8 Å². The van der Waals surface area contributed by atoms with Crippen LogP contribution in [0.15, 0.2) is 36.4 Å². The molecule has 0 aromatic heterocycles. The van der Waals surface area contributed by atoms with Crippen LogP contribution >= 0.6 is 0 Å². The number of carboxylic acid groups (broad SMARTS) is 1. The molecule has 0 fully saturated rings.